The predicted octanol–water partition coefficient (Wildman–Crippen LogP) is 2.06. The Hall–Kier alpha value is -0.850. The summed E-state index contributed by atoms with van der Waals surface area (Å²) < 4.78 is 10.7. The topological polar surface area (TPSA) is 49.3 Å². The lowest BCUT2D eigenvalue weighted by molar-refractivity contribution is 0.0536. The van der Waals surface area contributed by atoms with Crippen LogP contribution in [-0.4, -0.2) is 89.0 Å². The van der Waals surface area contributed by atoms with E-state index in [9.17, 15) is 0 Å². The average molecular weight is 369 g/mol. The van der Waals surface area contributed by atoms with Crippen molar-refractivity contribution in [3.63, 3.8) is 0 Å². The van der Waals surface area contributed by atoms with Crippen molar-refractivity contribution < 1.29 is 9.47 Å². The molecule has 2 aliphatic rings. The molecule has 2 fully saturated rings. The lowest BCUT2D eigenvalue weighted by Crippen LogP contribution is -2.41. The third-order valence-electron chi connectivity index (χ3n) is 5.64. The van der Waals surface area contributed by atoms with Gasteiger partial charge in [-0.2, -0.15) is 0 Å². The van der Waals surface area contributed by atoms with Crippen LogP contribution in [0.1, 0.15) is 39.0 Å². The van der Waals surface area contributed by atoms with Gasteiger partial charge in [-0.25, -0.2) is 0 Å². The number of likely N-dealkylation sites (tertiary alicyclic amines) is 2. The molecule has 0 aliphatic carbocycles. The van der Waals surface area contributed by atoms with Crippen molar-refractivity contribution in [2.45, 2.75) is 39.0 Å². The van der Waals surface area contributed by atoms with Crippen LogP contribution in [0.5, 0.6) is 0 Å². The number of guanidine groups is 1. The molecule has 6 nitrogen and oxygen atoms in total. The van der Waals surface area contributed by atoms with E-state index in [4.69, 9.17) is 9.47 Å². The minimum Gasteiger partial charge on any atom is -0.382 e. The highest BCUT2D eigenvalue weighted by atomic mass is 16.5. The minimum atomic E-state index is 0.604. The summed E-state index contributed by atoms with van der Waals surface area (Å²) in [5, 5.41) is 3.55. The average Bonchev–Trinajstić information content (AvgIpc) is 3.12. The number of hydrogen-bond donors (Lipinski definition) is 1. The van der Waals surface area contributed by atoms with Gasteiger partial charge in [-0.3, -0.25) is 4.99 Å². The van der Waals surface area contributed by atoms with E-state index in [0.717, 1.165) is 38.1 Å². The van der Waals surface area contributed by atoms with Crippen LogP contribution in [0.25, 0.3) is 0 Å². The van der Waals surface area contributed by atoms with Crippen molar-refractivity contribution in [3.05, 3.63) is 0 Å². The molecule has 152 valence electrons. The van der Waals surface area contributed by atoms with Gasteiger partial charge in [0.15, 0.2) is 5.96 Å². The lowest BCUT2D eigenvalue weighted by Gasteiger charge is -2.30. The number of hydrogen-bond acceptors (Lipinski definition) is 4. The van der Waals surface area contributed by atoms with Gasteiger partial charge >= 0.3 is 0 Å². The molecule has 1 unspecified atom stereocenters. The molecule has 0 aromatic rings. The molecule has 26 heavy (non-hydrogen) atoms. The molecule has 6 heteroatoms. The van der Waals surface area contributed by atoms with Gasteiger partial charge in [-0.05, 0) is 57.7 Å². The van der Waals surface area contributed by atoms with Crippen LogP contribution in [0.15, 0.2) is 4.99 Å². The van der Waals surface area contributed by atoms with Gasteiger partial charge in [0.2, 0.25) is 0 Å². The maximum atomic E-state index is 5.68. The summed E-state index contributed by atoms with van der Waals surface area (Å²) in [6.45, 7) is 11.5. The maximum absolute atomic E-state index is 5.68. The van der Waals surface area contributed by atoms with Gasteiger partial charge in [-0.1, -0.05) is 6.92 Å². The number of ether oxygens (including phenoxy) is 2. The van der Waals surface area contributed by atoms with Gasteiger partial charge in [0.05, 0.1) is 19.8 Å². The van der Waals surface area contributed by atoms with Gasteiger partial charge in [0.1, 0.15) is 0 Å². The van der Waals surface area contributed by atoms with E-state index >= 15 is 0 Å². The highest BCUT2D eigenvalue weighted by Gasteiger charge is 2.24. The SMILES string of the molecule is CN=C(NCCCCN1CCC(C)CC1)N1CCC(COCCOC)C1. The zero-order chi connectivity index (χ0) is 18.6. The summed E-state index contributed by atoms with van der Waals surface area (Å²) in [7, 11) is 3.60. The van der Waals surface area contributed by atoms with Crippen LogP contribution in [0, 0.1) is 11.8 Å². The summed E-state index contributed by atoms with van der Waals surface area (Å²) in [6, 6.07) is 0. The molecule has 0 radical (unpaired) electrons. The van der Waals surface area contributed by atoms with E-state index in [1.807, 2.05) is 7.05 Å². The highest BCUT2D eigenvalue weighted by molar-refractivity contribution is 5.80. The second-order valence-corrected chi connectivity index (χ2v) is 7.87. The smallest absolute Gasteiger partial charge is 0.193 e. The molecule has 1 atom stereocenters. The fraction of sp³-hybridized carbons (Fsp3) is 0.950. The standard InChI is InChI=1S/C20H40N4O2/c1-18-6-11-23(12-7-18)10-5-4-9-22-20(21-2)24-13-8-19(16-24)17-26-15-14-25-3/h18-19H,4-17H2,1-3H3,(H,21,22). The number of nitrogens with zero attached hydrogens (tertiary/aromatic N) is 3. The molecule has 0 aromatic carbocycles. The van der Waals surface area contributed by atoms with E-state index in [-0.39, 0.29) is 0 Å². The quantitative estimate of drug-likeness (QED) is 0.363. The largest absolute Gasteiger partial charge is 0.382 e. The summed E-state index contributed by atoms with van der Waals surface area (Å²) >= 11 is 0. The Morgan fingerprint density at radius 2 is 1.92 bits per heavy atom. The first kappa shape index (κ1) is 21.5. The second-order valence-electron chi connectivity index (χ2n) is 7.87. The molecule has 0 saturated carbocycles. The monoisotopic (exact) mass is 368 g/mol. The van der Waals surface area contributed by atoms with Crippen LogP contribution in [0.3, 0.4) is 0 Å². The van der Waals surface area contributed by atoms with Crippen LogP contribution in [0.4, 0.5) is 0 Å². The number of aliphatic imine (C=N–C) groups is 1. The van der Waals surface area contributed by atoms with Gasteiger partial charge < -0.3 is 24.6 Å². The van der Waals surface area contributed by atoms with Crippen molar-refractivity contribution >= 4 is 5.96 Å². The molecule has 1 N–H and O–H groups in total. The summed E-state index contributed by atoms with van der Waals surface area (Å²) in [4.78, 5) is 9.47. The van der Waals surface area contributed by atoms with Crippen molar-refractivity contribution in [2.24, 2.45) is 16.8 Å². The van der Waals surface area contributed by atoms with Gasteiger partial charge in [-0.15, -0.1) is 0 Å². The maximum Gasteiger partial charge on any atom is 0.193 e. The normalized spacial score (nSPS) is 23.0. The van der Waals surface area contributed by atoms with Crippen LogP contribution < -0.4 is 5.32 Å². The first-order valence-corrected chi connectivity index (χ1v) is 10.5. The number of unbranched alkanes of at least 4 members (excludes halogenated alkanes) is 1. The molecule has 0 aromatic heterocycles. The number of rotatable bonds is 10. The summed E-state index contributed by atoms with van der Waals surface area (Å²) in [5.74, 6) is 2.58. The summed E-state index contributed by atoms with van der Waals surface area (Å²) in [6.07, 6.45) is 6.41. The zero-order valence-electron chi connectivity index (χ0n) is 17.2. The fourth-order valence-electron chi connectivity index (χ4n) is 3.83. The first-order chi connectivity index (χ1) is 12.7. The molecule has 2 rings (SSSR count). The Balaban J connectivity index is 1.54. The van der Waals surface area contributed by atoms with E-state index in [0.29, 0.717) is 19.1 Å². The van der Waals surface area contributed by atoms with E-state index < -0.39 is 0 Å². The Bertz CT molecular complexity index is 397. The second kappa shape index (κ2) is 12.5. The summed E-state index contributed by atoms with van der Waals surface area (Å²) in [5.41, 5.74) is 0. The third kappa shape index (κ3) is 7.80. The lowest BCUT2D eigenvalue weighted by atomic mass is 9.99. The van der Waals surface area contributed by atoms with Crippen molar-refractivity contribution in [1.82, 2.24) is 15.1 Å². The van der Waals surface area contributed by atoms with Crippen LogP contribution in [0.2, 0.25) is 0 Å². The van der Waals surface area contributed by atoms with E-state index in [1.54, 1.807) is 7.11 Å². The molecule has 2 aliphatic heterocycles. The molecular formula is C20H40N4O2. The zero-order valence-corrected chi connectivity index (χ0v) is 17.2. The molecule has 2 heterocycles. The molecule has 0 spiro atoms. The number of nitrogens with one attached hydrogen (secondary N) is 1. The third-order valence-corrected chi connectivity index (χ3v) is 5.64. The predicted molar refractivity (Wildman–Crippen MR) is 108 cm³/mol. The van der Waals surface area contributed by atoms with Crippen LogP contribution >= 0.6 is 0 Å². The van der Waals surface area contributed by atoms with Crippen molar-refractivity contribution in [3.8, 4) is 0 Å². The Labute approximate surface area is 160 Å². The van der Waals surface area contributed by atoms with E-state index in [1.165, 1.54) is 51.7 Å². The number of methoxy groups -OCH3 is 1. The molecule has 2 saturated heterocycles. The van der Waals surface area contributed by atoms with Gasteiger partial charge in [0, 0.05) is 39.7 Å². The Morgan fingerprint density at radius 3 is 2.65 bits per heavy atom. The highest BCUT2D eigenvalue weighted by Crippen LogP contribution is 2.17. The van der Waals surface area contributed by atoms with Gasteiger partial charge in [0.25, 0.3) is 0 Å². The van der Waals surface area contributed by atoms with Crippen LogP contribution in [-0.2, 0) is 9.47 Å². The molecular weight excluding hydrogens is 328 g/mol. The first-order valence-electron chi connectivity index (χ1n) is 10.5. The molecule has 0 amide bonds. The Morgan fingerprint density at radius 1 is 1.12 bits per heavy atom. The minimum absolute atomic E-state index is 0.604. The van der Waals surface area contributed by atoms with Crippen molar-refractivity contribution in [2.75, 3.05) is 73.2 Å². The molecule has 0 bridgehead atoms. The number of piperidine rings is 1. The fourth-order valence-corrected chi connectivity index (χ4v) is 3.83. The van der Waals surface area contributed by atoms with Crippen molar-refractivity contribution in [1.29, 1.82) is 0 Å². The van der Waals surface area contributed by atoms with E-state index in [2.05, 4.69) is 27.0 Å². The Kier molecular flexibility index (Phi) is 10.3.